The van der Waals surface area contributed by atoms with Crippen LogP contribution < -0.4 is 19.5 Å². The van der Waals surface area contributed by atoms with Gasteiger partial charge in [-0.05, 0) is 49.6 Å². The molecular formula is C20H23NO4. The number of benzene rings is 2. The lowest BCUT2D eigenvalue weighted by Gasteiger charge is -2.18. The largest absolute Gasteiger partial charge is 0.492 e. The zero-order chi connectivity index (χ0) is 17.5. The summed E-state index contributed by atoms with van der Waals surface area (Å²) < 4.78 is 16.6. The van der Waals surface area contributed by atoms with E-state index in [0.717, 1.165) is 29.9 Å². The summed E-state index contributed by atoms with van der Waals surface area (Å²) >= 11 is 0. The van der Waals surface area contributed by atoms with Gasteiger partial charge in [-0.25, -0.2) is 0 Å². The van der Waals surface area contributed by atoms with Gasteiger partial charge in [0.2, 0.25) is 5.91 Å². The van der Waals surface area contributed by atoms with Crippen LogP contribution >= 0.6 is 0 Å². The Morgan fingerprint density at radius 2 is 1.92 bits per heavy atom. The van der Waals surface area contributed by atoms with Crippen molar-refractivity contribution >= 4 is 11.6 Å². The highest BCUT2D eigenvalue weighted by Crippen LogP contribution is 2.31. The van der Waals surface area contributed by atoms with Crippen molar-refractivity contribution in [3.05, 3.63) is 48.0 Å². The third kappa shape index (κ3) is 4.66. The molecule has 0 atom stereocenters. The van der Waals surface area contributed by atoms with Gasteiger partial charge in [-0.3, -0.25) is 4.79 Å². The van der Waals surface area contributed by atoms with Crippen LogP contribution in [-0.4, -0.2) is 25.7 Å². The van der Waals surface area contributed by atoms with Crippen molar-refractivity contribution < 1.29 is 19.0 Å². The first-order valence-corrected chi connectivity index (χ1v) is 8.66. The van der Waals surface area contributed by atoms with E-state index < -0.39 is 0 Å². The summed E-state index contributed by atoms with van der Waals surface area (Å²) in [5.74, 6) is 2.27. The molecule has 0 unspecified atom stereocenters. The first kappa shape index (κ1) is 17.1. The number of anilines is 1. The Balaban J connectivity index is 1.50. The molecule has 2 aromatic carbocycles. The van der Waals surface area contributed by atoms with Crippen molar-refractivity contribution in [1.82, 2.24) is 0 Å². The highest BCUT2D eigenvalue weighted by atomic mass is 16.6. The first-order valence-electron chi connectivity index (χ1n) is 8.66. The molecular weight excluding hydrogens is 318 g/mol. The second-order valence-electron chi connectivity index (χ2n) is 5.81. The smallest absolute Gasteiger partial charge is 0.224 e. The molecule has 1 N–H and O–H groups in total. The molecule has 0 fully saturated rings. The monoisotopic (exact) mass is 341 g/mol. The zero-order valence-corrected chi connectivity index (χ0v) is 14.4. The van der Waals surface area contributed by atoms with Crippen LogP contribution in [0.5, 0.6) is 17.2 Å². The predicted octanol–water partition coefficient (Wildman–Crippen LogP) is 3.82. The first-order chi connectivity index (χ1) is 12.3. The molecule has 0 aliphatic carbocycles. The third-order valence-electron chi connectivity index (χ3n) is 3.94. The van der Waals surface area contributed by atoms with Crippen molar-refractivity contribution in [1.29, 1.82) is 0 Å². The minimum absolute atomic E-state index is 0.00954. The predicted molar refractivity (Wildman–Crippen MR) is 96.6 cm³/mol. The van der Waals surface area contributed by atoms with E-state index in [2.05, 4.69) is 5.32 Å². The van der Waals surface area contributed by atoms with E-state index in [1.54, 1.807) is 0 Å². The molecule has 1 amide bonds. The van der Waals surface area contributed by atoms with Gasteiger partial charge < -0.3 is 19.5 Å². The molecule has 2 aromatic rings. The molecule has 0 radical (unpaired) electrons. The number of nitrogens with one attached hydrogen (secondary N) is 1. The van der Waals surface area contributed by atoms with Crippen LogP contribution in [0.1, 0.15) is 25.3 Å². The van der Waals surface area contributed by atoms with Gasteiger partial charge in [0.1, 0.15) is 19.0 Å². The molecule has 1 aliphatic rings. The van der Waals surface area contributed by atoms with Gasteiger partial charge in [0.15, 0.2) is 11.5 Å². The van der Waals surface area contributed by atoms with Crippen LogP contribution in [-0.2, 0) is 11.2 Å². The Morgan fingerprint density at radius 1 is 1.12 bits per heavy atom. The van der Waals surface area contributed by atoms with Crippen LogP contribution in [0.15, 0.2) is 42.5 Å². The van der Waals surface area contributed by atoms with Gasteiger partial charge in [0.05, 0.1) is 12.3 Å². The molecule has 0 saturated carbocycles. The van der Waals surface area contributed by atoms with Crippen LogP contribution in [0.2, 0.25) is 0 Å². The van der Waals surface area contributed by atoms with Crippen LogP contribution in [0, 0.1) is 0 Å². The van der Waals surface area contributed by atoms with E-state index >= 15 is 0 Å². The Labute approximate surface area is 147 Å². The SMILES string of the molecule is CCOc1ccccc1NC(=O)CCCc1ccc2c(c1)OCCO2. The number of hydrogen-bond acceptors (Lipinski definition) is 4. The van der Waals surface area contributed by atoms with E-state index in [-0.39, 0.29) is 5.91 Å². The number of carbonyl (C=O) groups excluding carboxylic acids is 1. The second kappa shape index (κ2) is 8.42. The molecule has 1 aliphatic heterocycles. The van der Waals surface area contributed by atoms with Gasteiger partial charge in [-0.2, -0.15) is 0 Å². The van der Waals surface area contributed by atoms with Crippen molar-refractivity contribution in [2.75, 3.05) is 25.1 Å². The van der Waals surface area contributed by atoms with Crippen LogP contribution in [0.4, 0.5) is 5.69 Å². The molecule has 0 bridgehead atoms. The van der Waals surface area contributed by atoms with Crippen molar-refractivity contribution in [2.45, 2.75) is 26.2 Å². The Morgan fingerprint density at radius 3 is 2.76 bits per heavy atom. The van der Waals surface area contributed by atoms with E-state index in [4.69, 9.17) is 14.2 Å². The lowest BCUT2D eigenvalue weighted by Crippen LogP contribution is -2.15. The highest BCUT2D eigenvalue weighted by molar-refractivity contribution is 5.92. The fourth-order valence-electron chi connectivity index (χ4n) is 2.76. The Kier molecular flexibility index (Phi) is 5.77. The molecule has 5 heteroatoms. The van der Waals surface area contributed by atoms with Crippen molar-refractivity contribution in [3.63, 3.8) is 0 Å². The summed E-state index contributed by atoms with van der Waals surface area (Å²) in [5, 5.41) is 2.92. The number of carbonyl (C=O) groups is 1. The normalized spacial score (nSPS) is 12.5. The summed E-state index contributed by atoms with van der Waals surface area (Å²) in [6.45, 7) is 3.66. The van der Waals surface area contributed by atoms with Gasteiger partial charge in [-0.1, -0.05) is 18.2 Å². The average molecular weight is 341 g/mol. The van der Waals surface area contributed by atoms with Crippen molar-refractivity contribution in [2.24, 2.45) is 0 Å². The topological polar surface area (TPSA) is 56.8 Å². The standard InChI is InChI=1S/C20H23NO4/c1-2-23-17-8-4-3-7-16(17)21-20(22)9-5-6-15-10-11-18-19(14-15)25-13-12-24-18/h3-4,7-8,10-11,14H,2,5-6,9,12-13H2,1H3,(H,21,22). The van der Waals surface area contributed by atoms with Crippen LogP contribution in [0.25, 0.3) is 0 Å². The minimum atomic E-state index is -0.00954. The maximum atomic E-state index is 12.2. The highest BCUT2D eigenvalue weighted by Gasteiger charge is 2.12. The molecule has 25 heavy (non-hydrogen) atoms. The third-order valence-corrected chi connectivity index (χ3v) is 3.94. The zero-order valence-electron chi connectivity index (χ0n) is 14.4. The second-order valence-corrected chi connectivity index (χ2v) is 5.81. The number of amides is 1. The average Bonchev–Trinajstić information content (AvgIpc) is 2.63. The summed E-state index contributed by atoms with van der Waals surface area (Å²) in [5.41, 5.74) is 1.86. The van der Waals surface area contributed by atoms with Gasteiger partial charge >= 0.3 is 0 Å². The van der Waals surface area contributed by atoms with E-state index in [1.807, 2.05) is 49.4 Å². The maximum absolute atomic E-state index is 12.2. The molecule has 5 nitrogen and oxygen atoms in total. The Bertz CT molecular complexity index is 729. The van der Waals surface area contributed by atoms with E-state index in [9.17, 15) is 4.79 Å². The lowest BCUT2D eigenvalue weighted by atomic mass is 10.1. The number of aryl methyl sites for hydroxylation is 1. The summed E-state index contributed by atoms with van der Waals surface area (Å²) in [7, 11) is 0. The fourth-order valence-corrected chi connectivity index (χ4v) is 2.76. The quantitative estimate of drug-likeness (QED) is 0.832. The molecule has 0 saturated heterocycles. The lowest BCUT2D eigenvalue weighted by molar-refractivity contribution is -0.116. The van der Waals surface area contributed by atoms with Crippen molar-refractivity contribution in [3.8, 4) is 17.2 Å². The summed E-state index contributed by atoms with van der Waals surface area (Å²) in [6, 6.07) is 13.4. The Hall–Kier alpha value is -2.69. The van der Waals surface area contributed by atoms with E-state index in [1.165, 1.54) is 0 Å². The number of hydrogen-bond donors (Lipinski definition) is 1. The molecule has 0 spiro atoms. The molecule has 132 valence electrons. The summed E-state index contributed by atoms with van der Waals surface area (Å²) in [4.78, 5) is 12.2. The number of para-hydroxylation sites is 2. The molecule has 3 rings (SSSR count). The number of ether oxygens (including phenoxy) is 3. The van der Waals surface area contributed by atoms with Gasteiger partial charge in [0.25, 0.3) is 0 Å². The van der Waals surface area contributed by atoms with Crippen LogP contribution in [0.3, 0.4) is 0 Å². The number of fused-ring (bicyclic) bond motifs is 1. The fraction of sp³-hybridized carbons (Fsp3) is 0.350. The van der Waals surface area contributed by atoms with E-state index in [0.29, 0.717) is 37.7 Å². The minimum Gasteiger partial charge on any atom is -0.492 e. The van der Waals surface area contributed by atoms with Gasteiger partial charge in [-0.15, -0.1) is 0 Å². The van der Waals surface area contributed by atoms with Gasteiger partial charge in [0, 0.05) is 6.42 Å². The maximum Gasteiger partial charge on any atom is 0.224 e. The number of rotatable bonds is 7. The molecule has 0 aromatic heterocycles. The summed E-state index contributed by atoms with van der Waals surface area (Å²) in [6.07, 6.45) is 2.04. The molecule has 1 heterocycles.